The summed E-state index contributed by atoms with van der Waals surface area (Å²) in [6.07, 6.45) is 6.15. The van der Waals surface area contributed by atoms with Gasteiger partial charge < -0.3 is 25.8 Å². The molecular weight excluding hydrogens is 432 g/mol. The summed E-state index contributed by atoms with van der Waals surface area (Å²) in [5, 5.41) is 6.57. The van der Waals surface area contributed by atoms with E-state index >= 15 is 0 Å². The van der Waals surface area contributed by atoms with Crippen molar-refractivity contribution in [2.45, 2.75) is 31.8 Å². The molecule has 1 saturated heterocycles. The van der Waals surface area contributed by atoms with E-state index in [2.05, 4.69) is 25.6 Å². The molecule has 1 spiro atoms. The predicted molar refractivity (Wildman–Crippen MR) is 126 cm³/mol. The number of benzene rings is 1. The van der Waals surface area contributed by atoms with E-state index < -0.39 is 0 Å². The van der Waals surface area contributed by atoms with E-state index in [1.54, 1.807) is 18.5 Å². The minimum absolute atomic E-state index is 0.0252. The molecule has 0 unspecified atom stereocenters. The Morgan fingerprint density at radius 1 is 1.21 bits per heavy atom. The lowest BCUT2D eigenvalue weighted by molar-refractivity contribution is -0.165. The molecule has 1 aromatic carbocycles. The van der Waals surface area contributed by atoms with Gasteiger partial charge in [-0.25, -0.2) is 15.0 Å². The maximum Gasteiger partial charge on any atom is 0.251 e. The smallest absolute Gasteiger partial charge is 0.251 e. The number of nitrogens with zero attached hydrogens (tertiary/aromatic N) is 3. The third-order valence-electron chi connectivity index (χ3n) is 6.84. The van der Waals surface area contributed by atoms with Crippen LogP contribution in [0, 0.1) is 5.41 Å². The Morgan fingerprint density at radius 3 is 2.88 bits per heavy atom. The molecule has 1 aliphatic carbocycles. The minimum Gasteiger partial charge on any atom is -0.492 e. The first-order valence-corrected chi connectivity index (χ1v) is 11.5. The van der Waals surface area contributed by atoms with Gasteiger partial charge in [0, 0.05) is 47.9 Å². The van der Waals surface area contributed by atoms with E-state index in [1.807, 2.05) is 24.3 Å². The predicted octanol–water partition coefficient (Wildman–Crippen LogP) is 2.58. The number of hydrogen-bond donors (Lipinski definition) is 3. The monoisotopic (exact) mass is 458 g/mol. The molecular formula is C25H26N6O3. The molecule has 1 amide bonds. The van der Waals surface area contributed by atoms with Gasteiger partial charge in [-0.05, 0) is 36.6 Å². The second-order valence-electron chi connectivity index (χ2n) is 9.35. The molecule has 34 heavy (non-hydrogen) atoms. The Bertz CT molecular complexity index is 1250. The Balaban J connectivity index is 1.13. The standard InChI is InChI=1S/C25H26N6O3/c26-24-27-6-4-20(31-24)19-12-29-22(18-5-7-34-21(18)19)28-11-15-2-1-3-16(8-15)23(32)30-17-9-25(10-17)13-33-14-25/h1-4,6,8,12,17H,5,7,9-11,13-14H2,(H,28,29)(H,30,32)(H2,26,27,31). The number of nitrogens with two attached hydrogens (primary N) is 1. The van der Waals surface area contributed by atoms with Crippen molar-refractivity contribution >= 4 is 17.7 Å². The molecule has 3 aliphatic rings. The first kappa shape index (κ1) is 20.9. The zero-order valence-electron chi connectivity index (χ0n) is 18.7. The number of pyridine rings is 1. The van der Waals surface area contributed by atoms with Crippen molar-refractivity contribution in [1.82, 2.24) is 20.3 Å². The molecule has 0 bridgehead atoms. The normalized spacial score (nSPS) is 17.9. The highest BCUT2D eigenvalue weighted by Gasteiger charge is 2.50. The number of ether oxygens (including phenoxy) is 2. The van der Waals surface area contributed by atoms with Crippen LogP contribution in [0.4, 0.5) is 11.8 Å². The average molecular weight is 459 g/mol. The van der Waals surface area contributed by atoms with Gasteiger partial charge in [0.1, 0.15) is 11.6 Å². The second kappa shape index (κ2) is 8.25. The lowest BCUT2D eigenvalue weighted by Gasteiger charge is -2.53. The number of anilines is 2. The summed E-state index contributed by atoms with van der Waals surface area (Å²) in [6, 6.07) is 9.74. The van der Waals surface area contributed by atoms with Crippen molar-refractivity contribution < 1.29 is 14.3 Å². The summed E-state index contributed by atoms with van der Waals surface area (Å²) < 4.78 is 11.2. The fourth-order valence-electron chi connectivity index (χ4n) is 5.04. The van der Waals surface area contributed by atoms with Crippen LogP contribution in [0.15, 0.2) is 42.7 Å². The highest BCUT2D eigenvalue weighted by molar-refractivity contribution is 5.94. The number of nitrogens with one attached hydrogen (secondary N) is 2. The third kappa shape index (κ3) is 3.81. The molecule has 2 aliphatic heterocycles. The van der Waals surface area contributed by atoms with E-state index in [0.717, 1.165) is 60.7 Å². The quantitative estimate of drug-likeness (QED) is 0.515. The summed E-state index contributed by atoms with van der Waals surface area (Å²) in [7, 11) is 0. The zero-order valence-corrected chi connectivity index (χ0v) is 18.7. The first-order valence-electron chi connectivity index (χ1n) is 11.5. The fraction of sp³-hybridized carbons (Fsp3) is 0.360. The van der Waals surface area contributed by atoms with Crippen LogP contribution in [-0.4, -0.2) is 46.7 Å². The lowest BCUT2D eigenvalue weighted by atomic mass is 9.64. The van der Waals surface area contributed by atoms with Gasteiger partial charge in [0.15, 0.2) is 0 Å². The Hall–Kier alpha value is -3.72. The van der Waals surface area contributed by atoms with Gasteiger partial charge in [-0.15, -0.1) is 0 Å². The van der Waals surface area contributed by atoms with Crippen LogP contribution in [0.2, 0.25) is 0 Å². The number of amides is 1. The molecule has 4 N–H and O–H groups in total. The van der Waals surface area contributed by atoms with Crippen LogP contribution in [0.1, 0.15) is 34.3 Å². The van der Waals surface area contributed by atoms with Crippen molar-refractivity contribution in [2.75, 3.05) is 30.9 Å². The fourth-order valence-corrected chi connectivity index (χ4v) is 5.04. The molecule has 2 aromatic heterocycles. The summed E-state index contributed by atoms with van der Waals surface area (Å²) in [5.74, 6) is 1.74. The van der Waals surface area contributed by atoms with E-state index in [0.29, 0.717) is 29.8 Å². The topological polar surface area (TPSA) is 124 Å². The van der Waals surface area contributed by atoms with Crippen molar-refractivity contribution in [3.63, 3.8) is 0 Å². The number of fused-ring (bicyclic) bond motifs is 1. The number of carbonyl (C=O) groups excluding carboxylic acids is 1. The number of aromatic nitrogens is 3. The molecule has 6 rings (SSSR count). The highest BCUT2D eigenvalue weighted by Crippen LogP contribution is 2.47. The SMILES string of the molecule is Nc1nccc(-c2cnc(NCc3cccc(C(=O)NC4CC5(COC5)C4)c3)c3c2OCC3)n1. The van der Waals surface area contributed by atoms with E-state index in [-0.39, 0.29) is 17.9 Å². The van der Waals surface area contributed by atoms with Gasteiger partial charge in [-0.3, -0.25) is 4.79 Å². The number of hydrogen-bond acceptors (Lipinski definition) is 8. The summed E-state index contributed by atoms with van der Waals surface area (Å²) >= 11 is 0. The summed E-state index contributed by atoms with van der Waals surface area (Å²) in [6.45, 7) is 2.80. The average Bonchev–Trinajstić information content (AvgIpc) is 3.28. The first-order chi connectivity index (χ1) is 16.6. The lowest BCUT2D eigenvalue weighted by Crippen LogP contribution is -2.59. The molecule has 0 radical (unpaired) electrons. The van der Waals surface area contributed by atoms with Crippen LogP contribution in [-0.2, 0) is 17.7 Å². The van der Waals surface area contributed by atoms with E-state index in [4.69, 9.17) is 15.2 Å². The van der Waals surface area contributed by atoms with Gasteiger partial charge in [0.25, 0.3) is 5.91 Å². The minimum atomic E-state index is -0.0252. The maximum absolute atomic E-state index is 12.7. The largest absolute Gasteiger partial charge is 0.492 e. The van der Waals surface area contributed by atoms with Crippen LogP contribution in [0.25, 0.3) is 11.3 Å². The Labute approximate surface area is 197 Å². The van der Waals surface area contributed by atoms with E-state index in [9.17, 15) is 4.79 Å². The molecule has 1 saturated carbocycles. The molecule has 0 atom stereocenters. The van der Waals surface area contributed by atoms with Gasteiger partial charge in [-0.1, -0.05) is 12.1 Å². The van der Waals surface area contributed by atoms with Crippen molar-refractivity contribution in [1.29, 1.82) is 0 Å². The molecule has 174 valence electrons. The molecule has 4 heterocycles. The third-order valence-corrected chi connectivity index (χ3v) is 6.84. The molecule has 2 fully saturated rings. The highest BCUT2D eigenvalue weighted by atomic mass is 16.5. The van der Waals surface area contributed by atoms with Gasteiger partial charge in [-0.2, -0.15) is 0 Å². The van der Waals surface area contributed by atoms with Gasteiger partial charge in [0.05, 0.1) is 31.1 Å². The number of carbonyl (C=O) groups is 1. The Kier molecular flexibility index (Phi) is 5.06. The van der Waals surface area contributed by atoms with Crippen molar-refractivity contribution in [2.24, 2.45) is 5.41 Å². The number of nitrogen functional groups attached to an aromatic ring is 1. The van der Waals surface area contributed by atoms with Crippen molar-refractivity contribution in [3.05, 3.63) is 59.4 Å². The van der Waals surface area contributed by atoms with Crippen LogP contribution >= 0.6 is 0 Å². The molecule has 3 aromatic rings. The van der Waals surface area contributed by atoms with Crippen molar-refractivity contribution in [3.8, 4) is 17.0 Å². The van der Waals surface area contributed by atoms with Crippen LogP contribution in [0.5, 0.6) is 5.75 Å². The second-order valence-corrected chi connectivity index (χ2v) is 9.35. The van der Waals surface area contributed by atoms with Crippen LogP contribution < -0.4 is 21.1 Å². The van der Waals surface area contributed by atoms with Gasteiger partial charge in [0.2, 0.25) is 5.95 Å². The van der Waals surface area contributed by atoms with Crippen LogP contribution in [0.3, 0.4) is 0 Å². The summed E-state index contributed by atoms with van der Waals surface area (Å²) in [5.41, 5.74) is 10.3. The number of rotatable bonds is 6. The maximum atomic E-state index is 12.7. The molecule has 9 heteroatoms. The molecule has 9 nitrogen and oxygen atoms in total. The zero-order chi connectivity index (χ0) is 23.1. The Morgan fingerprint density at radius 2 is 2.09 bits per heavy atom. The summed E-state index contributed by atoms with van der Waals surface area (Å²) in [4.78, 5) is 25.6. The van der Waals surface area contributed by atoms with Gasteiger partial charge >= 0.3 is 0 Å². The van der Waals surface area contributed by atoms with E-state index in [1.165, 1.54) is 0 Å².